The molecule has 0 bridgehead atoms. The lowest BCUT2D eigenvalue weighted by Gasteiger charge is -2.29. The van der Waals surface area contributed by atoms with Crippen LogP contribution in [0.15, 0.2) is 24.3 Å². The number of amides is 1. The summed E-state index contributed by atoms with van der Waals surface area (Å²) in [6, 6.07) is 7.71. The van der Waals surface area contributed by atoms with E-state index < -0.39 is 5.60 Å². The Bertz CT molecular complexity index is 508. The summed E-state index contributed by atoms with van der Waals surface area (Å²) in [6.45, 7) is 10.5. The third-order valence-corrected chi connectivity index (χ3v) is 3.91. The molecule has 0 saturated carbocycles. The molecule has 136 valence electrons. The standard InChI is InChI=1S/C19H32N2O3/c1-14(7-8-16-9-11-17(22)12-10-16)20-13-15(2)21(6)18(23)24-19(3,4)5/h9-12,14-15,20,22H,7-8,13H2,1-6H3. The minimum atomic E-state index is -0.476. The van der Waals surface area contributed by atoms with Crippen molar-refractivity contribution in [3.63, 3.8) is 0 Å². The first-order chi connectivity index (χ1) is 11.1. The molecule has 0 aliphatic rings. The summed E-state index contributed by atoms with van der Waals surface area (Å²) in [4.78, 5) is 13.7. The molecule has 2 N–H and O–H groups in total. The highest BCUT2D eigenvalue weighted by atomic mass is 16.6. The molecule has 1 aromatic rings. The van der Waals surface area contributed by atoms with Gasteiger partial charge in [-0.25, -0.2) is 4.79 Å². The van der Waals surface area contributed by atoms with Gasteiger partial charge in [0.2, 0.25) is 0 Å². The van der Waals surface area contributed by atoms with E-state index in [1.165, 1.54) is 5.56 Å². The molecule has 2 atom stereocenters. The van der Waals surface area contributed by atoms with Crippen LogP contribution in [0.1, 0.15) is 46.6 Å². The van der Waals surface area contributed by atoms with Crippen molar-refractivity contribution in [3.05, 3.63) is 29.8 Å². The van der Waals surface area contributed by atoms with E-state index in [2.05, 4.69) is 12.2 Å². The van der Waals surface area contributed by atoms with Crippen LogP contribution in [-0.2, 0) is 11.2 Å². The van der Waals surface area contributed by atoms with E-state index in [1.54, 1.807) is 24.1 Å². The fourth-order valence-corrected chi connectivity index (χ4v) is 2.17. The molecule has 0 saturated heterocycles. The number of carbonyl (C=O) groups excluding carboxylic acids is 1. The van der Waals surface area contributed by atoms with E-state index in [0.29, 0.717) is 18.3 Å². The number of carbonyl (C=O) groups is 1. The van der Waals surface area contributed by atoms with Gasteiger partial charge in [0.1, 0.15) is 11.4 Å². The molecule has 5 heteroatoms. The molecular weight excluding hydrogens is 304 g/mol. The average molecular weight is 336 g/mol. The monoisotopic (exact) mass is 336 g/mol. The highest BCUT2D eigenvalue weighted by Crippen LogP contribution is 2.13. The van der Waals surface area contributed by atoms with Crippen LogP contribution in [0.3, 0.4) is 0 Å². The summed E-state index contributed by atoms with van der Waals surface area (Å²) in [7, 11) is 1.77. The number of aromatic hydroxyl groups is 1. The van der Waals surface area contributed by atoms with Crippen molar-refractivity contribution in [2.75, 3.05) is 13.6 Å². The molecular formula is C19H32N2O3. The van der Waals surface area contributed by atoms with Crippen LogP contribution in [-0.4, -0.2) is 47.4 Å². The van der Waals surface area contributed by atoms with Gasteiger partial charge in [0, 0.05) is 25.7 Å². The quantitative estimate of drug-likeness (QED) is 0.799. The minimum Gasteiger partial charge on any atom is -0.508 e. The Morgan fingerprint density at radius 1 is 1.25 bits per heavy atom. The van der Waals surface area contributed by atoms with Crippen molar-refractivity contribution in [2.45, 2.75) is 65.1 Å². The normalized spacial score (nSPS) is 14.1. The number of likely N-dealkylation sites (N-methyl/N-ethyl adjacent to an activating group) is 1. The smallest absolute Gasteiger partial charge is 0.410 e. The molecule has 24 heavy (non-hydrogen) atoms. The molecule has 5 nitrogen and oxygen atoms in total. The van der Waals surface area contributed by atoms with Gasteiger partial charge >= 0.3 is 6.09 Å². The molecule has 0 aliphatic carbocycles. The van der Waals surface area contributed by atoms with Crippen LogP contribution in [0.5, 0.6) is 5.75 Å². The van der Waals surface area contributed by atoms with Gasteiger partial charge in [-0.2, -0.15) is 0 Å². The van der Waals surface area contributed by atoms with Gasteiger partial charge in [-0.05, 0) is 65.2 Å². The summed E-state index contributed by atoms with van der Waals surface area (Å²) in [5.74, 6) is 0.295. The first-order valence-electron chi connectivity index (χ1n) is 8.55. The zero-order valence-corrected chi connectivity index (χ0v) is 15.8. The summed E-state index contributed by atoms with van der Waals surface area (Å²) < 4.78 is 5.38. The zero-order valence-electron chi connectivity index (χ0n) is 15.8. The van der Waals surface area contributed by atoms with Gasteiger partial charge in [0.05, 0.1) is 0 Å². The Balaban J connectivity index is 2.33. The van der Waals surface area contributed by atoms with E-state index in [-0.39, 0.29) is 12.1 Å². The second-order valence-corrected chi connectivity index (χ2v) is 7.45. The fourth-order valence-electron chi connectivity index (χ4n) is 2.17. The number of benzene rings is 1. The van der Waals surface area contributed by atoms with E-state index in [0.717, 1.165) is 12.8 Å². The van der Waals surface area contributed by atoms with E-state index in [1.807, 2.05) is 39.8 Å². The third-order valence-electron chi connectivity index (χ3n) is 3.91. The Morgan fingerprint density at radius 2 is 1.83 bits per heavy atom. The van der Waals surface area contributed by atoms with Gasteiger partial charge < -0.3 is 20.1 Å². The van der Waals surface area contributed by atoms with Crippen LogP contribution >= 0.6 is 0 Å². The third kappa shape index (κ3) is 7.68. The zero-order chi connectivity index (χ0) is 18.3. The largest absolute Gasteiger partial charge is 0.508 e. The predicted molar refractivity (Wildman–Crippen MR) is 97.4 cm³/mol. The first-order valence-corrected chi connectivity index (χ1v) is 8.55. The van der Waals surface area contributed by atoms with Crippen LogP contribution in [0, 0.1) is 0 Å². The first kappa shape index (κ1) is 20.3. The van der Waals surface area contributed by atoms with Crippen LogP contribution in [0.25, 0.3) is 0 Å². The minimum absolute atomic E-state index is 0.0518. The number of nitrogens with one attached hydrogen (secondary N) is 1. The molecule has 0 aromatic heterocycles. The number of rotatable bonds is 7. The number of nitrogens with zero attached hydrogens (tertiary/aromatic N) is 1. The second-order valence-electron chi connectivity index (χ2n) is 7.45. The SMILES string of the molecule is CC(CCc1ccc(O)cc1)NCC(C)N(C)C(=O)OC(C)(C)C. The molecule has 0 heterocycles. The Kier molecular flexibility index (Phi) is 7.55. The van der Waals surface area contributed by atoms with E-state index >= 15 is 0 Å². The Hall–Kier alpha value is -1.75. The maximum atomic E-state index is 12.0. The maximum Gasteiger partial charge on any atom is 0.410 e. The van der Waals surface area contributed by atoms with Gasteiger partial charge in [-0.3, -0.25) is 0 Å². The lowest BCUT2D eigenvalue weighted by atomic mass is 10.1. The van der Waals surface area contributed by atoms with Crippen molar-refractivity contribution < 1.29 is 14.6 Å². The maximum absolute atomic E-state index is 12.0. The summed E-state index contributed by atoms with van der Waals surface area (Å²) in [5.41, 5.74) is 0.732. The van der Waals surface area contributed by atoms with Gasteiger partial charge in [-0.1, -0.05) is 12.1 Å². The van der Waals surface area contributed by atoms with Crippen LogP contribution < -0.4 is 5.32 Å². The Labute approximate surface area is 146 Å². The highest BCUT2D eigenvalue weighted by Gasteiger charge is 2.22. The molecule has 0 aliphatic heterocycles. The molecule has 1 rings (SSSR count). The van der Waals surface area contributed by atoms with Gasteiger partial charge in [0.15, 0.2) is 0 Å². The summed E-state index contributed by atoms with van der Waals surface area (Å²) in [5, 5.41) is 12.8. The fraction of sp³-hybridized carbons (Fsp3) is 0.632. The number of aryl methyl sites for hydroxylation is 1. The lowest BCUT2D eigenvalue weighted by molar-refractivity contribution is 0.0234. The number of hydrogen-bond acceptors (Lipinski definition) is 4. The van der Waals surface area contributed by atoms with Gasteiger partial charge in [0.25, 0.3) is 0 Å². The Morgan fingerprint density at radius 3 is 2.38 bits per heavy atom. The molecule has 0 radical (unpaired) electrons. The molecule has 2 unspecified atom stereocenters. The van der Waals surface area contributed by atoms with Crippen LogP contribution in [0.4, 0.5) is 4.79 Å². The predicted octanol–water partition coefficient (Wildman–Crippen LogP) is 3.56. The van der Waals surface area contributed by atoms with Crippen molar-refractivity contribution in [1.82, 2.24) is 10.2 Å². The number of phenolic OH excluding ortho intramolecular Hbond substituents is 1. The highest BCUT2D eigenvalue weighted by molar-refractivity contribution is 5.68. The second kappa shape index (κ2) is 8.92. The number of ether oxygens (including phenoxy) is 1. The average Bonchev–Trinajstić information content (AvgIpc) is 2.49. The van der Waals surface area contributed by atoms with Crippen molar-refractivity contribution in [1.29, 1.82) is 0 Å². The van der Waals surface area contributed by atoms with E-state index in [4.69, 9.17) is 4.74 Å². The number of hydrogen-bond donors (Lipinski definition) is 2. The van der Waals surface area contributed by atoms with Crippen molar-refractivity contribution in [3.8, 4) is 5.75 Å². The van der Waals surface area contributed by atoms with Crippen molar-refractivity contribution >= 4 is 6.09 Å². The molecule has 1 amide bonds. The molecule has 0 fully saturated rings. The van der Waals surface area contributed by atoms with Gasteiger partial charge in [-0.15, -0.1) is 0 Å². The summed E-state index contributed by atoms with van der Waals surface area (Å²) in [6.07, 6.45) is 1.65. The van der Waals surface area contributed by atoms with E-state index in [9.17, 15) is 9.90 Å². The van der Waals surface area contributed by atoms with Crippen LogP contribution in [0.2, 0.25) is 0 Å². The topological polar surface area (TPSA) is 61.8 Å². The molecule has 0 spiro atoms. The van der Waals surface area contributed by atoms with Crippen molar-refractivity contribution in [2.24, 2.45) is 0 Å². The summed E-state index contributed by atoms with van der Waals surface area (Å²) >= 11 is 0. The number of phenols is 1. The lowest BCUT2D eigenvalue weighted by Crippen LogP contribution is -2.45. The molecule has 1 aromatic carbocycles.